The van der Waals surface area contributed by atoms with Gasteiger partial charge in [0.1, 0.15) is 36.5 Å². The lowest BCUT2D eigenvalue weighted by Gasteiger charge is -2.44. The molecule has 10 aromatic rings. The summed E-state index contributed by atoms with van der Waals surface area (Å²) in [6, 6.07) is 2.25. The minimum atomic E-state index is -3.17. The monoisotopic (exact) mass is 1890 g/mol. The van der Waals surface area contributed by atoms with Crippen LogP contribution in [0.4, 0.5) is 0 Å². The first-order valence-electron chi connectivity index (χ1n) is 37.4. The van der Waals surface area contributed by atoms with Gasteiger partial charge in [-0.05, 0) is 42.5 Å². The molecule has 10 aromatic carbocycles. The topological polar surface area (TPSA) is 898 Å². The van der Waals surface area contributed by atoms with Crippen molar-refractivity contribution in [1.29, 1.82) is 0 Å². The van der Waals surface area contributed by atoms with Gasteiger partial charge in [-0.1, -0.05) is 0 Å². The second-order valence-electron chi connectivity index (χ2n) is 29.5. The number of carboxylic acid groups (broad SMARTS) is 1. The summed E-state index contributed by atoms with van der Waals surface area (Å²) in [5, 5.41) is 335. The SMILES string of the molecule is O=C(O)c1cc(O)c(O)c(O)c1Oc1c(O)cc2c(c1O)-c1c(cc(O)c(O)c1O)C(=O)O[C@H]1[C@@H]3OC(=O)c4cc(O)c(O)c(O)c4-c4c(cc(O)c(O)c4O)C(=O)O[C@H]3[C@H](OC(=O)c3cc(O)c(O)c(O)c3Oc3cc4c(c(O)c3O)-c3c(cc(O)c(O)c3O)C(=O)O[C@H]3[C@@H]5OC(=O)c6cc(O)c(O)c(O)c6-c6c(cc(O)c(O)c6O)C(=O)O[C@H]5[C@H](O)O[C@@H]3COC4=O)O[C@@H]1COC2=O. The normalized spacial score (nSPS) is 20.1. The zero-order chi connectivity index (χ0) is 98.1. The Kier molecular flexibility index (Phi) is 21.1. The van der Waals surface area contributed by atoms with Crippen LogP contribution in [0.1, 0.15) is 104 Å². The van der Waals surface area contributed by atoms with Crippen molar-refractivity contribution in [2.24, 2.45) is 0 Å². The van der Waals surface area contributed by atoms with E-state index in [0.717, 1.165) is 0 Å². The lowest BCUT2D eigenvalue weighted by molar-refractivity contribution is -0.284. The van der Waals surface area contributed by atoms with Crippen molar-refractivity contribution in [3.63, 3.8) is 0 Å². The first-order valence-corrected chi connectivity index (χ1v) is 37.4. The summed E-state index contributed by atoms with van der Waals surface area (Å²) >= 11 is 0. The van der Waals surface area contributed by atoms with Crippen molar-refractivity contribution in [2.75, 3.05) is 13.2 Å². The Labute approximate surface area is 739 Å². The standard InChI is InChI=1S/C82H54O53/c83-23-1-14-39(56(105)47(23)96)41-20(73(114)123-11-33-65(129-74(14)115)67-69(81(122)126-33)133-78(119)17-4-26(86)45(94)54(103)37(17)35-15(76(117)131-67)2-24(84)43(92)52(35)101)10-32(51(100)58(41)107)125-63-22(9-30(90)50(99)61(63)110)80(121)135-82-70-68(132-77(118)16-3-25(85)44(93)53(102)36(16)38-18(79(120)134-70)5-27(87)46(95)55(38)104)66-34(127-82)12-124-72(113)13-7-31(91)64(128-62-21(71(111)112)8-29(89)49(98)60(62)109)59(108)42(13)40-19(75(116)130-66)6-28(88)48(97)57(40)106/h1-10,33-34,65-70,81-110,122H,11-12H2,(H,111,112)/t33-,34-,65-,66-,67+,68+,69-,70-,81-,82+/m1/s1. The van der Waals surface area contributed by atoms with Gasteiger partial charge >= 0.3 is 59.7 Å². The summed E-state index contributed by atoms with van der Waals surface area (Å²) in [4.78, 5) is 148. The van der Waals surface area contributed by atoms with E-state index in [4.69, 9.17) is 61.6 Å². The Morgan fingerprint density at radius 2 is 0.526 bits per heavy atom. The van der Waals surface area contributed by atoms with E-state index >= 15 is 28.8 Å². The molecule has 0 bridgehead atoms. The van der Waals surface area contributed by atoms with E-state index in [2.05, 4.69) is 0 Å². The number of aliphatic hydroxyl groups is 1. The fraction of sp³-hybridized carbons (Fsp3) is 0.146. The molecule has 16 rings (SSSR count). The third-order valence-electron chi connectivity index (χ3n) is 21.7. The molecular formula is C82H54O53. The van der Waals surface area contributed by atoms with Gasteiger partial charge in [0.05, 0.1) is 44.5 Å². The first kappa shape index (κ1) is 89.2. The van der Waals surface area contributed by atoms with Crippen molar-refractivity contribution >= 4 is 59.7 Å². The van der Waals surface area contributed by atoms with Crippen LogP contribution in [0.3, 0.4) is 0 Å². The molecule has 30 N–H and O–H groups in total. The molecule has 0 aromatic heterocycles. The van der Waals surface area contributed by atoms with Crippen LogP contribution in [0.15, 0.2) is 60.7 Å². The highest BCUT2D eigenvalue weighted by molar-refractivity contribution is 6.14. The Balaban J connectivity index is 0.812. The average molecular weight is 1890 g/mol. The van der Waals surface area contributed by atoms with Gasteiger partial charge in [0.15, 0.2) is 152 Å². The van der Waals surface area contributed by atoms with E-state index in [0.29, 0.717) is 12.1 Å². The number of hydrogen-bond donors (Lipinski definition) is 30. The number of rotatable bonds is 7. The molecule has 0 saturated carbocycles. The van der Waals surface area contributed by atoms with Crippen molar-refractivity contribution in [3.05, 3.63) is 116 Å². The molecule has 6 heterocycles. The quantitative estimate of drug-likeness (QED) is 0.0615. The van der Waals surface area contributed by atoms with Crippen LogP contribution < -0.4 is 9.47 Å². The number of carbonyl (C=O) groups excluding carboxylic acids is 9. The number of hydrogen-bond acceptors (Lipinski definition) is 52. The second kappa shape index (κ2) is 31.9. The fourth-order valence-electron chi connectivity index (χ4n) is 15.3. The molecule has 2 fully saturated rings. The number of esters is 9. The third kappa shape index (κ3) is 14.0. The molecule has 2 saturated heterocycles. The van der Waals surface area contributed by atoms with E-state index < -0.39 is 418 Å². The lowest BCUT2D eigenvalue weighted by Crippen LogP contribution is -2.63. The Morgan fingerprint density at radius 1 is 0.259 bits per heavy atom. The van der Waals surface area contributed by atoms with Crippen LogP contribution in [0.5, 0.6) is 184 Å². The number of phenolic OH excluding ortho intramolecular Hbond substituents is 28. The molecule has 0 aliphatic carbocycles. The summed E-state index contributed by atoms with van der Waals surface area (Å²) < 4.78 is 73.7. The molecular weight excluding hydrogens is 1830 g/mol. The van der Waals surface area contributed by atoms with E-state index in [1.807, 2.05) is 0 Å². The predicted molar refractivity (Wildman–Crippen MR) is 415 cm³/mol. The summed E-state index contributed by atoms with van der Waals surface area (Å²) in [6.45, 7) is -3.22. The molecule has 53 heteroatoms. The smallest absolute Gasteiger partial charge is 0.344 e. The molecule has 53 nitrogen and oxygen atoms in total. The number of benzene rings is 10. The third-order valence-corrected chi connectivity index (χ3v) is 21.7. The largest absolute Gasteiger partial charge is 0.504 e. The minimum Gasteiger partial charge on any atom is -0.504 e. The zero-order valence-corrected chi connectivity index (χ0v) is 65.8. The Hall–Kier alpha value is -19.2. The van der Waals surface area contributed by atoms with Gasteiger partial charge in [-0.2, -0.15) is 0 Å². The van der Waals surface area contributed by atoms with Crippen molar-refractivity contribution in [2.45, 2.75) is 61.4 Å². The molecule has 0 amide bonds. The van der Waals surface area contributed by atoms with Crippen LogP contribution in [0.25, 0.3) is 44.5 Å². The molecule has 700 valence electrons. The molecule has 10 atom stereocenters. The van der Waals surface area contributed by atoms with E-state index in [9.17, 15) is 172 Å². The van der Waals surface area contributed by atoms with E-state index in [1.165, 1.54) is 0 Å². The molecule has 0 spiro atoms. The number of fused-ring (bicyclic) bond motifs is 18. The number of cyclic esters (lactones) is 2. The van der Waals surface area contributed by atoms with Crippen LogP contribution in [-0.2, 0) is 52.1 Å². The fourth-order valence-corrected chi connectivity index (χ4v) is 15.3. The van der Waals surface area contributed by atoms with Gasteiger partial charge < -0.3 is 215 Å². The predicted octanol–water partition coefficient (Wildman–Crippen LogP) is 3.61. The Morgan fingerprint density at radius 3 is 0.889 bits per heavy atom. The number of carbonyl (C=O) groups is 10. The number of ether oxygens (including phenoxy) is 13. The zero-order valence-electron chi connectivity index (χ0n) is 65.8. The van der Waals surface area contributed by atoms with Gasteiger partial charge in [-0.3, -0.25) is 0 Å². The highest BCUT2D eigenvalue weighted by Gasteiger charge is 2.59. The average Bonchev–Trinajstić information content (AvgIpc) is 1.68. The number of carboxylic acids is 1. The van der Waals surface area contributed by atoms with E-state index in [-0.39, 0.29) is 48.5 Å². The second-order valence-corrected chi connectivity index (χ2v) is 29.5. The number of aliphatic hydroxyl groups excluding tert-OH is 1. The summed E-state index contributed by atoms with van der Waals surface area (Å²) in [6.07, 6.45) is -27.8. The highest BCUT2D eigenvalue weighted by Crippen LogP contribution is 2.62. The van der Waals surface area contributed by atoms with Gasteiger partial charge in [0.2, 0.25) is 81.4 Å². The molecule has 6 aliphatic rings. The van der Waals surface area contributed by atoms with Gasteiger partial charge in [-0.15, -0.1) is 0 Å². The van der Waals surface area contributed by atoms with Gasteiger partial charge in [-0.25, -0.2) is 47.9 Å². The van der Waals surface area contributed by atoms with Crippen LogP contribution in [0.2, 0.25) is 0 Å². The van der Waals surface area contributed by atoms with Crippen molar-refractivity contribution in [3.8, 4) is 228 Å². The van der Waals surface area contributed by atoms with Crippen molar-refractivity contribution in [1.82, 2.24) is 0 Å². The number of aromatic carboxylic acids is 1. The highest BCUT2D eigenvalue weighted by atomic mass is 16.8. The molecule has 135 heavy (non-hydrogen) atoms. The molecule has 0 unspecified atom stereocenters. The summed E-state index contributed by atoms with van der Waals surface area (Å²) in [7, 11) is 0. The van der Waals surface area contributed by atoms with E-state index in [1.54, 1.807) is 0 Å². The maximum absolute atomic E-state index is 15.5. The Bertz CT molecular complexity index is 7040. The maximum Gasteiger partial charge on any atom is 0.344 e. The number of phenols is 28. The van der Waals surface area contributed by atoms with Crippen molar-refractivity contribution < 1.29 is 263 Å². The molecule has 6 aliphatic heterocycles. The van der Waals surface area contributed by atoms with Crippen LogP contribution in [-0.4, -0.2) is 288 Å². The summed E-state index contributed by atoms with van der Waals surface area (Å²) in [5.74, 6) is -72.0. The van der Waals surface area contributed by atoms with Crippen LogP contribution in [0, 0.1) is 0 Å². The molecule has 0 radical (unpaired) electrons. The van der Waals surface area contributed by atoms with Gasteiger partial charge in [0, 0.05) is 62.7 Å². The first-order chi connectivity index (χ1) is 63.5. The maximum atomic E-state index is 15.5. The van der Waals surface area contributed by atoms with Gasteiger partial charge in [0.25, 0.3) is 0 Å². The lowest BCUT2D eigenvalue weighted by atomic mass is 9.91. The summed E-state index contributed by atoms with van der Waals surface area (Å²) in [5.41, 5.74) is -24.4. The van der Waals surface area contributed by atoms with Crippen LogP contribution >= 0.6 is 0 Å². The number of aromatic hydroxyl groups is 28. The minimum absolute atomic E-state index is 0.0757.